The summed E-state index contributed by atoms with van der Waals surface area (Å²) in [7, 11) is 0. The molecule has 0 atom stereocenters. The van der Waals surface area contributed by atoms with Crippen LogP contribution in [0.1, 0.15) is 16.7 Å². The third-order valence-corrected chi connectivity index (χ3v) is 2.38. The Morgan fingerprint density at radius 2 is 1.93 bits per heavy atom. The Morgan fingerprint density at radius 1 is 1.40 bits per heavy atom. The SMILES string of the molecule is Cc1cccc(C)c1CC([S-])=NC#N.[Na+]. The standard InChI is InChI=1S/C11H12N2S.Na/c1-8-4-3-5-9(2)10(8)6-11(14)13-7-12;/h3-5H,6H2,1-2H3,(H,13,14);/q;+1/p-1. The number of hydrogen-bond donors (Lipinski definition) is 0. The van der Waals surface area contributed by atoms with Crippen LogP contribution in [-0.2, 0) is 19.0 Å². The van der Waals surface area contributed by atoms with Crippen molar-refractivity contribution in [2.75, 3.05) is 0 Å². The van der Waals surface area contributed by atoms with Gasteiger partial charge < -0.3 is 12.6 Å². The molecule has 0 heterocycles. The average molecular weight is 226 g/mol. The number of nitrogens with zero attached hydrogens (tertiary/aromatic N) is 2. The summed E-state index contributed by atoms with van der Waals surface area (Å²) in [6, 6.07) is 6.09. The molecule has 0 spiro atoms. The molecule has 1 aromatic rings. The van der Waals surface area contributed by atoms with Crippen molar-refractivity contribution < 1.29 is 29.6 Å². The first-order valence-electron chi connectivity index (χ1n) is 4.33. The monoisotopic (exact) mass is 226 g/mol. The number of aryl methyl sites for hydroxylation is 2. The van der Waals surface area contributed by atoms with Gasteiger partial charge in [-0.3, -0.25) is 0 Å². The molecule has 15 heavy (non-hydrogen) atoms. The maximum Gasteiger partial charge on any atom is 1.00 e. The Hall–Kier alpha value is -0.400. The maximum absolute atomic E-state index is 8.35. The molecule has 0 aliphatic carbocycles. The first-order valence-corrected chi connectivity index (χ1v) is 4.73. The summed E-state index contributed by atoms with van der Waals surface area (Å²) in [5.74, 6) is 0. The second-order valence-corrected chi connectivity index (χ2v) is 3.62. The summed E-state index contributed by atoms with van der Waals surface area (Å²) in [5.41, 5.74) is 3.57. The zero-order chi connectivity index (χ0) is 10.6. The molecule has 0 radical (unpaired) electrons. The molecule has 0 aliphatic rings. The van der Waals surface area contributed by atoms with E-state index in [9.17, 15) is 0 Å². The van der Waals surface area contributed by atoms with Crippen LogP contribution in [0.5, 0.6) is 0 Å². The molecule has 0 unspecified atom stereocenters. The minimum atomic E-state index is 0. The van der Waals surface area contributed by atoms with Gasteiger partial charge in [0, 0.05) is 0 Å². The molecule has 0 saturated heterocycles. The summed E-state index contributed by atoms with van der Waals surface area (Å²) in [6.45, 7) is 4.08. The predicted molar refractivity (Wildman–Crippen MR) is 60.0 cm³/mol. The van der Waals surface area contributed by atoms with Gasteiger partial charge in [-0.15, -0.1) is 0 Å². The molecule has 0 N–H and O–H groups in total. The van der Waals surface area contributed by atoms with Crippen molar-refractivity contribution in [3.63, 3.8) is 0 Å². The predicted octanol–water partition coefficient (Wildman–Crippen LogP) is -0.724. The largest absolute Gasteiger partial charge is 1.00 e. The van der Waals surface area contributed by atoms with Crippen LogP contribution in [0.2, 0.25) is 0 Å². The van der Waals surface area contributed by atoms with Crippen molar-refractivity contribution in [1.29, 1.82) is 5.26 Å². The fourth-order valence-electron chi connectivity index (χ4n) is 1.37. The van der Waals surface area contributed by atoms with Gasteiger partial charge in [-0.2, -0.15) is 5.26 Å². The molecular formula is C11H11N2NaS. The van der Waals surface area contributed by atoms with E-state index in [1.54, 1.807) is 6.19 Å². The van der Waals surface area contributed by atoms with Gasteiger partial charge in [-0.05, 0) is 37.0 Å². The molecule has 0 aliphatic heterocycles. The Labute approximate surface area is 118 Å². The zero-order valence-corrected chi connectivity index (χ0v) is 12.1. The summed E-state index contributed by atoms with van der Waals surface area (Å²) < 4.78 is 0. The van der Waals surface area contributed by atoms with Gasteiger partial charge in [-0.1, -0.05) is 23.2 Å². The third kappa shape index (κ3) is 4.31. The number of rotatable bonds is 2. The summed E-state index contributed by atoms with van der Waals surface area (Å²) in [6.07, 6.45) is 2.30. The van der Waals surface area contributed by atoms with Crippen LogP contribution in [0.15, 0.2) is 23.2 Å². The normalized spacial score (nSPS) is 10.3. The minimum Gasteiger partial charge on any atom is -0.763 e. The van der Waals surface area contributed by atoms with Gasteiger partial charge in [0.15, 0.2) is 0 Å². The van der Waals surface area contributed by atoms with E-state index in [1.807, 2.05) is 32.0 Å². The van der Waals surface area contributed by atoms with E-state index in [-0.39, 0.29) is 29.6 Å². The van der Waals surface area contributed by atoms with Gasteiger partial charge in [0.2, 0.25) is 6.19 Å². The van der Waals surface area contributed by atoms with Crippen LogP contribution in [0, 0.1) is 25.3 Å². The van der Waals surface area contributed by atoms with E-state index >= 15 is 0 Å². The molecule has 1 aromatic carbocycles. The van der Waals surface area contributed by atoms with Crippen molar-refractivity contribution in [2.45, 2.75) is 20.3 Å². The number of hydrogen-bond acceptors (Lipinski definition) is 3. The van der Waals surface area contributed by atoms with Crippen LogP contribution in [-0.4, -0.2) is 5.04 Å². The van der Waals surface area contributed by atoms with Crippen molar-refractivity contribution in [3.05, 3.63) is 34.9 Å². The molecule has 72 valence electrons. The smallest absolute Gasteiger partial charge is 0.763 e. The van der Waals surface area contributed by atoms with E-state index < -0.39 is 0 Å². The summed E-state index contributed by atoms with van der Waals surface area (Å²) in [5, 5.41) is 8.80. The second-order valence-electron chi connectivity index (χ2n) is 3.15. The fraction of sp³-hybridized carbons (Fsp3) is 0.273. The molecule has 0 saturated carbocycles. The number of aliphatic imine (C=N–C) groups is 1. The molecule has 2 nitrogen and oxygen atoms in total. The Balaban J connectivity index is 0.00000196. The number of benzene rings is 1. The van der Waals surface area contributed by atoms with Crippen molar-refractivity contribution in [1.82, 2.24) is 0 Å². The van der Waals surface area contributed by atoms with Crippen LogP contribution >= 0.6 is 0 Å². The fourth-order valence-corrected chi connectivity index (χ4v) is 1.56. The van der Waals surface area contributed by atoms with Crippen LogP contribution in [0.4, 0.5) is 0 Å². The van der Waals surface area contributed by atoms with Gasteiger partial charge >= 0.3 is 29.6 Å². The molecular weight excluding hydrogens is 215 g/mol. The van der Waals surface area contributed by atoms with Gasteiger partial charge in [0.1, 0.15) is 0 Å². The van der Waals surface area contributed by atoms with E-state index in [1.165, 1.54) is 16.7 Å². The first kappa shape index (κ1) is 14.6. The average Bonchev–Trinajstić information content (AvgIpc) is 2.12. The van der Waals surface area contributed by atoms with Gasteiger partial charge in [0.25, 0.3) is 0 Å². The van der Waals surface area contributed by atoms with Gasteiger partial charge in [0.05, 0.1) is 0 Å². The maximum atomic E-state index is 8.35. The van der Waals surface area contributed by atoms with E-state index in [2.05, 4.69) is 4.99 Å². The molecule has 0 aromatic heterocycles. The van der Waals surface area contributed by atoms with Crippen LogP contribution in [0.25, 0.3) is 0 Å². The van der Waals surface area contributed by atoms with E-state index in [4.69, 9.17) is 17.9 Å². The Kier molecular flexibility index (Phi) is 6.78. The zero-order valence-electron chi connectivity index (χ0n) is 9.24. The van der Waals surface area contributed by atoms with E-state index in [0.717, 1.165) is 0 Å². The molecule has 1 rings (SSSR count). The van der Waals surface area contributed by atoms with Crippen molar-refractivity contribution in [2.24, 2.45) is 4.99 Å². The van der Waals surface area contributed by atoms with E-state index in [0.29, 0.717) is 11.5 Å². The quantitative estimate of drug-likeness (QED) is 0.219. The summed E-state index contributed by atoms with van der Waals surface area (Å²) >= 11 is 4.97. The summed E-state index contributed by atoms with van der Waals surface area (Å²) in [4.78, 5) is 3.54. The third-order valence-electron chi connectivity index (χ3n) is 2.15. The first-order chi connectivity index (χ1) is 6.65. The van der Waals surface area contributed by atoms with Crippen LogP contribution < -0.4 is 29.6 Å². The second kappa shape index (κ2) is 6.97. The molecule has 0 amide bonds. The Bertz CT molecular complexity index is 387. The van der Waals surface area contributed by atoms with Gasteiger partial charge in [-0.25, -0.2) is 4.99 Å². The molecule has 0 bridgehead atoms. The molecule has 4 heteroatoms. The Morgan fingerprint density at radius 3 is 2.40 bits per heavy atom. The number of nitriles is 1. The topological polar surface area (TPSA) is 36.1 Å². The van der Waals surface area contributed by atoms with Crippen molar-refractivity contribution in [3.8, 4) is 6.19 Å². The van der Waals surface area contributed by atoms with Crippen LogP contribution in [0.3, 0.4) is 0 Å². The minimum absolute atomic E-state index is 0. The molecule has 0 fully saturated rings. The van der Waals surface area contributed by atoms with Crippen molar-refractivity contribution >= 4 is 17.7 Å².